The van der Waals surface area contributed by atoms with Crippen molar-refractivity contribution in [1.29, 1.82) is 10.5 Å². The van der Waals surface area contributed by atoms with Crippen LogP contribution in [-0.2, 0) is 9.53 Å². The summed E-state index contributed by atoms with van der Waals surface area (Å²) in [4.78, 5) is 19.1. The summed E-state index contributed by atoms with van der Waals surface area (Å²) < 4.78 is 5.84. The number of benzene rings is 1. The second kappa shape index (κ2) is 6.53. The van der Waals surface area contributed by atoms with Crippen molar-refractivity contribution >= 4 is 22.5 Å². The molecule has 2 aromatic rings. The van der Waals surface area contributed by atoms with E-state index in [9.17, 15) is 15.3 Å². The highest BCUT2D eigenvalue weighted by Crippen LogP contribution is 2.35. The van der Waals surface area contributed by atoms with Gasteiger partial charge in [-0.2, -0.15) is 10.5 Å². The first-order valence-electron chi connectivity index (χ1n) is 8.97. The molecule has 2 atom stereocenters. The van der Waals surface area contributed by atoms with Crippen molar-refractivity contribution in [1.82, 2.24) is 10.3 Å². The molecule has 1 aliphatic carbocycles. The fourth-order valence-electron chi connectivity index (χ4n) is 3.52. The van der Waals surface area contributed by atoms with Crippen LogP contribution >= 0.6 is 0 Å². The molecule has 0 bridgehead atoms. The van der Waals surface area contributed by atoms with Crippen LogP contribution in [0.2, 0.25) is 0 Å². The number of nitrogens with one attached hydrogen (secondary N) is 1. The maximum atomic E-state index is 12.6. The number of nitrogens with zero attached hydrogens (tertiary/aromatic N) is 4. The van der Waals surface area contributed by atoms with E-state index in [0.29, 0.717) is 37.0 Å². The zero-order valence-corrected chi connectivity index (χ0v) is 15.0. The molecule has 1 saturated heterocycles. The summed E-state index contributed by atoms with van der Waals surface area (Å²) in [6.45, 7) is 2.93. The molecule has 7 nitrogen and oxygen atoms in total. The van der Waals surface area contributed by atoms with Gasteiger partial charge in [0, 0.05) is 23.8 Å². The van der Waals surface area contributed by atoms with E-state index < -0.39 is 11.6 Å². The summed E-state index contributed by atoms with van der Waals surface area (Å²) in [5.74, 6) is -0.248. The Balaban J connectivity index is 1.63. The zero-order valence-electron chi connectivity index (χ0n) is 15.0. The summed E-state index contributed by atoms with van der Waals surface area (Å²) in [5, 5.41) is 22.2. The largest absolute Gasteiger partial charge is 0.365 e. The van der Waals surface area contributed by atoms with Gasteiger partial charge in [-0.15, -0.1) is 0 Å². The van der Waals surface area contributed by atoms with Gasteiger partial charge in [-0.25, -0.2) is 0 Å². The van der Waals surface area contributed by atoms with Crippen LogP contribution in [0.4, 0.5) is 5.69 Å². The van der Waals surface area contributed by atoms with Crippen molar-refractivity contribution in [2.45, 2.75) is 37.5 Å². The predicted molar refractivity (Wildman–Crippen MR) is 98.7 cm³/mol. The number of morpholine rings is 1. The number of anilines is 1. The molecule has 2 aliphatic rings. The lowest BCUT2D eigenvalue weighted by molar-refractivity contribution is -0.137. The minimum Gasteiger partial charge on any atom is -0.365 e. The SMILES string of the molecule is C[C@@H]1CN(c2ccc(C#N)c3ncccc23)C[C@H](C(=O)NC2(C#N)CC2)O1. The van der Waals surface area contributed by atoms with Crippen molar-refractivity contribution in [3.05, 3.63) is 36.0 Å². The number of nitriles is 2. The van der Waals surface area contributed by atoms with E-state index in [1.807, 2.05) is 25.1 Å². The van der Waals surface area contributed by atoms with Gasteiger partial charge >= 0.3 is 0 Å². The summed E-state index contributed by atoms with van der Waals surface area (Å²) in [7, 11) is 0. The molecule has 0 radical (unpaired) electrons. The molecule has 1 amide bonds. The number of fused-ring (bicyclic) bond motifs is 1. The Labute approximate surface area is 157 Å². The average Bonchev–Trinajstić information content (AvgIpc) is 3.46. The monoisotopic (exact) mass is 361 g/mol. The van der Waals surface area contributed by atoms with Crippen molar-refractivity contribution in [2.24, 2.45) is 0 Å². The Bertz CT molecular complexity index is 986. The normalized spacial score (nSPS) is 23.3. The zero-order chi connectivity index (χ0) is 19.0. The Kier molecular flexibility index (Phi) is 4.18. The lowest BCUT2D eigenvalue weighted by atomic mass is 10.1. The predicted octanol–water partition coefficient (Wildman–Crippen LogP) is 1.87. The van der Waals surface area contributed by atoms with Crippen LogP contribution in [0.25, 0.3) is 10.9 Å². The summed E-state index contributed by atoms with van der Waals surface area (Å²) in [5.41, 5.74) is 1.39. The molecule has 136 valence electrons. The molecule has 1 aliphatic heterocycles. The highest BCUT2D eigenvalue weighted by molar-refractivity contribution is 5.95. The minimum atomic E-state index is -0.711. The van der Waals surface area contributed by atoms with E-state index in [4.69, 9.17) is 4.74 Å². The third-order valence-corrected chi connectivity index (χ3v) is 5.09. The van der Waals surface area contributed by atoms with Gasteiger partial charge in [-0.3, -0.25) is 9.78 Å². The number of amides is 1. The molecular weight excluding hydrogens is 342 g/mol. The Hall–Kier alpha value is -3.16. The third-order valence-electron chi connectivity index (χ3n) is 5.09. The highest BCUT2D eigenvalue weighted by Gasteiger charge is 2.46. The van der Waals surface area contributed by atoms with Gasteiger partial charge in [0.15, 0.2) is 6.10 Å². The minimum absolute atomic E-state index is 0.144. The van der Waals surface area contributed by atoms with Crippen LogP contribution < -0.4 is 10.2 Å². The molecule has 4 rings (SSSR count). The maximum absolute atomic E-state index is 12.6. The molecule has 1 aromatic carbocycles. The Morgan fingerprint density at radius 3 is 2.85 bits per heavy atom. The van der Waals surface area contributed by atoms with Crippen LogP contribution in [0.15, 0.2) is 30.5 Å². The molecule has 2 heterocycles. The Morgan fingerprint density at radius 1 is 1.33 bits per heavy atom. The molecule has 0 unspecified atom stereocenters. The number of carbonyl (C=O) groups excluding carboxylic acids is 1. The van der Waals surface area contributed by atoms with Crippen LogP contribution in [-0.4, -0.2) is 41.7 Å². The summed E-state index contributed by atoms with van der Waals surface area (Å²) >= 11 is 0. The van der Waals surface area contributed by atoms with E-state index in [-0.39, 0.29) is 12.0 Å². The van der Waals surface area contributed by atoms with Crippen molar-refractivity contribution in [2.75, 3.05) is 18.0 Å². The van der Waals surface area contributed by atoms with Crippen LogP contribution in [0.5, 0.6) is 0 Å². The molecule has 1 saturated carbocycles. The average molecular weight is 361 g/mol. The topological polar surface area (TPSA) is 102 Å². The van der Waals surface area contributed by atoms with Gasteiger partial charge < -0.3 is 15.0 Å². The van der Waals surface area contributed by atoms with Gasteiger partial charge in [-0.1, -0.05) is 0 Å². The van der Waals surface area contributed by atoms with Crippen molar-refractivity contribution in [3.63, 3.8) is 0 Å². The maximum Gasteiger partial charge on any atom is 0.252 e. The summed E-state index contributed by atoms with van der Waals surface area (Å²) in [6.07, 6.45) is 2.25. The Morgan fingerprint density at radius 2 is 2.15 bits per heavy atom. The van der Waals surface area contributed by atoms with E-state index in [1.54, 1.807) is 12.3 Å². The van der Waals surface area contributed by atoms with E-state index in [2.05, 4.69) is 27.3 Å². The number of rotatable bonds is 3. The second-order valence-electron chi connectivity index (χ2n) is 7.17. The lowest BCUT2D eigenvalue weighted by Gasteiger charge is -2.38. The number of pyridine rings is 1. The van der Waals surface area contributed by atoms with Crippen LogP contribution in [0.3, 0.4) is 0 Å². The molecule has 1 aromatic heterocycles. The van der Waals surface area contributed by atoms with Gasteiger partial charge in [0.25, 0.3) is 5.91 Å². The summed E-state index contributed by atoms with van der Waals surface area (Å²) in [6, 6.07) is 11.8. The van der Waals surface area contributed by atoms with Crippen LogP contribution in [0.1, 0.15) is 25.3 Å². The first-order chi connectivity index (χ1) is 13.0. The molecular formula is C20H19N5O2. The number of carbonyl (C=O) groups is 1. The molecule has 0 spiro atoms. The standard InChI is InChI=1S/C20H19N5O2/c1-13-10-25(11-17(27-13)19(26)24-20(12-22)6-7-20)16-5-4-14(9-21)18-15(16)3-2-8-23-18/h2-5,8,13,17H,6-7,10-11H2,1H3,(H,24,26)/t13-,17-/m1/s1. The third kappa shape index (κ3) is 3.18. The number of hydrogen-bond donors (Lipinski definition) is 1. The van der Waals surface area contributed by atoms with Gasteiger partial charge in [0.1, 0.15) is 11.6 Å². The number of ether oxygens (including phenoxy) is 1. The fraction of sp³-hybridized carbons (Fsp3) is 0.400. The van der Waals surface area contributed by atoms with E-state index >= 15 is 0 Å². The second-order valence-corrected chi connectivity index (χ2v) is 7.17. The lowest BCUT2D eigenvalue weighted by Crippen LogP contribution is -2.54. The van der Waals surface area contributed by atoms with Gasteiger partial charge in [-0.05, 0) is 44.0 Å². The molecule has 1 N–H and O–H groups in total. The molecule has 27 heavy (non-hydrogen) atoms. The smallest absolute Gasteiger partial charge is 0.252 e. The molecule has 7 heteroatoms. The quantitative estimate of drug-likeness (QED) is 0.895. The van der Waals surface area contributed by atoms with E-state index in [1.165, 1.54) is 0 Å². The first kappa shape index (κ1) is 17.3. The number of hydrogen-bond acceptors (Lipinski definition) is 6. The fourth-order valence-corrected chi connectivity index (χ4v) is 3.52. The molecule has 2 fully saturated rings. The van der Waals surface area contributed by atoms with Gasteiger partial charge in [0.2, 0.25) is 0 Å². The first-order valence-corrected chi connectivity index (χ1v) is 8.97. The van der Waals surface area contributed by atoms with Crippen LogP contribution in [0, 0.1) is 22.7 Å². The number of aromatic nitrogens is 1. The van der Waals surface area contributed by atoms with Crippen molar-refractivity contribution < 1.29 is 9.53 Å². The van der Waals surface area contributed by atoms with Crippen molar-refractivity contribution in [3.8, 4) is 12.1 Å². The van der Waals surface area contributed by atoms with Gasteiger partial charge in [0.05, 0.1) is 29.8 Å². The highest BCUT2D eigenvalue weighted by atomic mass is 16.5. The van der Waals surface area contributed by atoms with E-state index in [0.717, 1.165) is 11.1 Å².